The minimum absolute atomic E-state index is 0. The van der Waals surface area contributed by atoms with Crippen LogP contribution in [-0.2, 0) is 77.9 Å². The van der Waals surface area contributed by atoms with Crippen molar-refractivity contribution in [1.29, 1.82) is 0 Å². The van der Waals surface area contributed by atoms with E-state index in [0.29, 0.717) is 0 Å². The van der Waals surface area contributed by atoms with Gasteiger partial charge in [-0.3, -0.25) is 0 Å². The van der Waals surface area contributed by atoms with Crippen molar-refractivity contribution >= 4 is 40.4 Å². The van der Waals surface area contributed by atoms with Crippen molar-refractivity contribution in [2.45, 2.75) is 0 Å². The fourth-order valence-electron chi connectivity index (χ4n) is 0. The Morgan fingerprint density at radius 2 is 1.00 bits per heavy atom. The molecule has 0 N–H and O–H groups in total. The van der Waals surface area contributed by atoms with Crippen LogP contribution in [-0.4, -0.2) is 40.4 Å². The van der Waals surface area contributed by atoms with Gasteiger partial charge in [-0.15, -0.1) is 0 Å². The molecule has 0 amide bonds. The first kappa shape index (κ1) is 36.4. The summed E-state index contributed by atoms with van der Waals surface area (Å²) in [6.07, 6.45) is 0. The average molecular weight is 237 g/mol. The minimum atomic E-state index is 0. The molecule has 0 fully saturated rings. The average Bonchev–Trinajstić information content (AvgIpc) is 0. The van der Waals surface area contributed by atoms with Crippen LogP contribution in [0.4, 0.5) is 0 Å². The Morgan fingerprint density at radius 3 is 1.00 bits per heavy atom. The van der Waals surface area contributed by atoms with Crippen molar-refractivity contribution in [3.05, 3.63) is 0 Å². The van der Waals surface area contributed by atoms with Crippen molar-refractivity contribution < 1.29 is 80.7 Å². The van der Waals surface area contributed by atoms with Gasteiger partial charge in [-0.2, -0.15) is 0 Å². The molecule has 0 aliphatic rings. The fourth-order valence-corrected chi connectivity index (χ4v) is 0. The summed E-state index contributed by atoms with van der Waals surface area (Å²) in [6, 6.07) is 0. The molecule has 0 heterocycles. The molecule has 0 aromatic heterocycles. The van der Waals surface area contributed by atoms with Crippen LogP contribution in [0.2, 0.25) is 0 Å². The second-order valence-electron chi connectivity index (χ2n) is 0. The van der Waals surface area contributed by atoms with E-state index in [1.54, 1.807) is 0 Å². The van der Waals surface area contributed by atoms with E-state index in [0.717, 1.165) is 0 Å². The van der Waals surface area contributed by atoms with Gasteiger partial charge in [0.2, 0.25) is 0 Å². The molecule has 0 aromatic carbocycles. The van der Waals surface area contributed by atoms with Crippen LogP contribution >= 0.6 is 0 Å². The molecule has 0 saturated carbocycles. The van der Waals surface area contributed by atoms with Gasteiger partial charge in [0.05, 0.1) is 0 Å². The summed E-state index contributed by atoms with van der Waals surface area (Å²) in [5, 5.41) is 0. The summed E-state index contributed by atoms with van der Waals surface area (Å²) < 4.78 is 0. The van der Waals surface area contributed by atoms with Crippen LogP contribution in [0.25, 0.3) is 0 Å². The van der Waals surface area contributed by atoms with E-state index in [1.807, 2.05) is 0 Å². The van der Waals surface area contributed by atoms with Gasteiger partial charge in [-0.25, -0.2) is 0 Å². The topological polar surface area (TPSA) is 0 Å². The molecule has 0 bridgehead atoms. The van der Waals surface area contributed by atoms with Gasteiger partial charge in [0.1, 0.15) is 0 Å². The van der Waals surface area contributed by atoms with Crippen LogP contribution in [0.15, 0.2) is 0 Å². The Morgan fingerprint density at radius 1 is 1.00 bits per heavy atom. The first-order valence-corrected chi connectivity index (χ1v) is 0. The predicted octanol–water partition coefficient (Wildman–Crippen LogP) is -1.35. The molecule has 2 radical (unpaired) electrons. The van der Waals surface area contributed by atoms with E-state index in [1.165, 1.54) is 0 Å². The third-order valence-electron chi connectivity index (χ3n) is 0. The molecule has 0 aliphatic heterocycles. The zero-order valence-electron chi connectivity index (χ0n) is 4.36. The maximum Gasteiger partial charge on any atom is 2.00 e. The quantitative estimate of drug-likeness (QED) is 0.457. The molecule has 0 aromatic rings. The summed E-state index contributed by atoms with van der Waals surface area (Å²) >= 11 is 0. The molecule has 0 rings (SSSR count). The van der Waals surface area contributed by atoms with Crippen LogP contribution in [0.5, 0.6) is 0 Å². The van der Waals surface area contributed by atoms with Gasteiger partial charge in [-0.1, -0.05) is 0 Å². The number of hydrogen-bond acceptors (Lipinski definition) is 0. The third-order valence-corrected chi connectivity index (χ3v) is 0. The largest absolute Gasteiger partial charge is 2.00 e. The molecule has 0 nitrogen and oxygen atoms in total. The molecule has 0 atom stereocenters. The Balaban J connectivity index is 0. The summed E-state index contributed by atoms with van der Waals surface area (Å²) in [4.78, 5) is 0. The molecule has 5 heteroatoms. The SMILES string of the molecule is [AlH3].[H-].[H-].[Mg+2].[Sc].[Sc].[Zr]. The van der Waals surface area contributed by atoms with E-state index in [-0.39, 0.29) is 121 Å². The maximum atomic E-state index is 0. The van der Waals surface area contributed by atoms with E-state index in [4.69, 9.17) is 0 Å². The standard InChI is InChI=1S/Al.Mg.2Sc.Zr.5H/q;+2;;;;;;;2*-1. The summed E-state index contributed by atoms with van der Waals surface area (Å²) in [7, 11) is 0. The van der Waals surface area contributed by atoms with E-state index in [2.05, 4.69) is 0 Å². The third kappa shape index (κ3) is 18.1. The van der Waals surface area contributed by atoms with Crippen molar-refractivity contribution in [3.8, 4) is 0 Å². The molecular weight excluding hydrogens is 232 g/mol. The molecule has 0 saturated heterocycles. The monoisotopic (exact) mass is 236 g/mol. The maximum absolute atomic E-state index is 0. The Kier molecular flexibility index (Phi) is 180. The summed E-state index contributed by atoms with van der Waals surface area (Å²) in [5.74, 6) is 0. The molecule has 0 aliphatic carbocycles. The smallest absolute Gasteiger partial charge is 1.00 e. The minimum Gasteiger partial charge on any atom is -1.00 e. The molecule has 0 spiro atoms. The summed E-state index contributed by atoms with van der Waals surface area (Å²) in [5.41, 5.74) is 0. The van der Waals surface area contributed by atoms with Crippen molar-refractivity contribution in [2.75, 3.05) is 0 Å². The van der Waals surface area contributed by atoms with E-state index >= 15 is 0 Å². The first-order valence-electron chi connectivity index (χ1n) is 0. The van der Waals surface area contributed by atoms with Crippen LogP contribution in [0.3, 0.4) is 0 Å². The second kappa shape index (κ2) is 24.7. The molecule has 5 heavy (non-hydrogen) atoms. The molecule has 20 valence electrons. The van der Waals surface area contributed by atoms with Crippen LogP contribution in [0, 0.1) is 0 Å². The predicted molar refractivity (Wildman–Crippen MR) is 17.9 cm³/mol. The van der Waals surface area contributed by atoms with Crippen LogP contribution < -0.4 is 0 Å². The van der Waals surface area contributed by atoms with Gasteiger partial charge in [0.15, 0.2) is 17.4 Å². The number of rotatable bonds is 0. The van der Waals surface area contributed by atoms with Crippen molar-refractivity contribution in [3.63, 3.8) is 0 Å². The van der Waals surface area contributed by atoms with Gasteiger partial charge < -0.3 is 2.85 Å². The second-order valence-corrected chi connectivity index (χ2v) is 0. The zero-order valence-corrected chi connectivity index (χ0v) is 9.84. The van der Waals surface area contributed by atoms with E-state index in [9.17, 15) is 0 Å². The van der Waals surface area contributed by atoms with E-state index < -0.39 is 0 Å². The fraction of sp³-hybridized carbons (Fsp3) is 0. The molecule has 0 unspecified atom stereocenters. The number of hydrogen-bond donors (Lipinski definition) is 0. The molecular formula is H5AlMgSc2Zr. The summed E-state index contributed by atoms with van der Waals surface area (Å²) in [6.45, 7) is 0. The zero-order chi connectivity index (χ0) is 0. The van der Waals surface area contributed by atoms with Gasteiger partial charge >= 0.3 is 23.1 Å². The van der Waals surface area contributed by atoms with Crippen molar-refractivity contribution in [2.24, 2.45) is 0 Å². The first-order chi connectivity index (χ1) is 0. The Labute approximate surface area is 119 Å². The Hall–Kier alpha value is 3.92. The normalized spacial score (nSPS) is 0. The van der Waals surface area contributed by atoms with Gasteiger partial charge in [0.25, 0.3) is 0 Å². The van der Waals surface area contributed by atoms with Crippen molar-refractivity contribution in [1.82, 2.24) is 0 Å². The Bertz CT molecular complexity index is 15.7. The van der Waals surface area contributed by atoms with Gasteiger partial charge in [-0.05, 0) is 0 Å². The van der Waals surface area contributed by atoms with Crippen LogP contribution in [0.1, 0.15) is 2.85 Å². The van der Waals surface area contributed by atoms with Gasteiger partial charge in [0, 0.05) is 77.9 Å².